The van der Waals surface area contributed by atoms with Gasteiger partial charge in [0.25, 0.3) is 0 Å². The van der Waals surface area contributed by atoms with Gasteiger partial charge in [-0.05, 0) is 62.1 Å². The second kappa shape index (κ2) is 8.30. The van der Waals surface area contributed by atoms with E-state index in [1.54, 1.807) is 0 Å². The summed E-state index contributed by atoms with van der Waals surface area (Å²) in [5, 5.41) is 3.39. The highest BCUT2D eigenvalue weighted by molar-refractivity contribution is 5.59. The molecular formula is C23H26N4O. The van der Waals surface area contributed by atoms with Crippen LogP contribution in [-0.2, 0) is 0 Å². The maximum Gasteiger partial charge on any atom is 0.227 e. The molecule has 2 heterocycles. The fraction of sp³-hybridized carbons (Fsp3) is 0.304. The fourth-order valence-electron chi connectivity index (χ4n) is 3.35. The van der Waals surface area contributed by atoms with Crippen LogP contribution in [0.1, 0.15) is 25.5 Å². The Kier molecular flexibility index (Phi) is 5.42. The van der Waals surface area contributed by atoms with E-state index >= 15 is 0 Å². The molecule has 5 heteroatoms. The van der Waals surface area contributed by atoms with Gasteiger partial charge in [-0.1, -0.05) is 25.1 Å². The molecule has 3 aromatic rings. The summed E-state index contributed by atoms with van der Waals surface area (Å²) >= 11 is 0. The minimum atomic E-state index is 0.787. The normalized spacial score (nSPS) is 14.7. The van der Waals surface area contributed by atoms with Crippen molar-refractivity contribution in [2.24, 2.45) is 5.92 Å². The molecular weight excluding hydrogens is 348 g/mol. The number of nitrogens with zero attached hydrogens (tertiary/aromatic N) is 3. The first-order chi connectivity index (χ1) is 13.7. The molecule has 0 unspecified atom stereocenters. The van der Waals surface area contributed by atoms with Gasteiger partial charge < -0.3 is 15.0 Å². The van der Waals surface area contributed by atoms with E-state index in [9.17, 15) is 0 Å². The number of benzene rings is 2. The van der Waals surface area contributed by atoms with Crippen LogP contribution in [0.25, 0.3) is 0 Å². The number of piperidine rings is 1. The van der Waals surface area contributed by atoms with E-state index in [4.69, 9.17) is 9.72 Å². The number of aromatic nitrogens is 2. The van der Waals surface area contributed by atoms with Crippen molar-refractivity contribution in [3.63, 3.8) is 0 Å². The highest BCUT2D eigenvalue weighted by Gasteiger charge is 2.18. The molecule has 1 aliphatic rings. The van der Waals surface area contributed by atoms with E-state index < -0.39 is 0 Å². The molecule has 1 fully saturated rings. The molecule has 0 aliphatic carbocycles. The Morgan fingerprint density at radius 2 is 1.61 bits per heavy atom. The van der Waals surface area contributed by atoms with Crippen LogP contribution in [-0.4, -0.2) is 23.1 Å². The van der Waals surface area contributed by atoms with Crippen molar-refractivity contribution >= 4 is 17.5 Å². The zero-order valence-electron chi connectivity index (χ0n) is 16.4. The third-order valence-corrected chi connectivity index (χ3v) is 5.01. The molecule has 1 aliphatic heterocycles. The van der Waals surface area contributed by atoms with Crippen molar-refractivity contribution in [3.05, 3.63) is 66.4 Å². The first-order valence-electron chi connectivity index (χ1n) is 9.86. The van der Waals surface area contributed by atoms with Crippen molar-refractivity contribution in [3.8, 4) is 11.5 Å². The predicted molar refractivity (Wildman–Crippen MR) is 114 cm³/mol. The minimum Gasteiger partial charge on any atom is -0.457 e. The molecule has 1 aromatic heterocycles. The van der Waals surface area contributed by atoms with Gasteiger partial charge in [0, 0.05) is 30.5 Å². The molecule has 4 rings (SSSR count). The van der Waals surface area contributed by atoms with Crippen molar-refractivity contribution < 1.29 is 4.74 Å². The lowest BCUT2D eigenvalue weighted by molar-refractivity contribution is 0.434. The SMILES string of the molecule is Cc1cc(Nc2ccc(Oc3ccccc3)cc2)nc(N2CCC(C)CC2)n1. The number of nitrogens with one attached hydrogen (secondary N) is 1. The topological polar surface area (TPSA) is 50.3 Å². The summed E-state index contributed by atoms with van der Waals surface area (Å²) in [7, 11) is 0. The minimum absolute atomic E-state index is 0.787. The molecule has 2 aromatic carbocycles. The second-order valence-corrected chi connectivity index (χ2v) is 7.43. The van der Waals surface area contributed by atoms with Crippen LogP contribution >= 0.6 is 0 Å². The van der Waals surface area contributed by atoms with E-state index in [0.717, 1.165) is 53.7 Å². The van der Waals surface area contributed by atoms with Gasteiger partial charge in [0.2, 0.25) is 5.95 Å². The standard InChI is InChI=1S/C23H26N4O/c1-17-12-14-27(15-13-17)23-24-18(2)16-22(26-23)25-19-8-10-21(11-9-19)28-20-6-4-3-5-7-20/h3-11,16-17H,12-15H2,1-2H3,(H,24,25,26). The number of para-hydroxylation sites is 1. The average molecular weight is 374 g/mol. The van der Waals surface area contributed by atoms with Crippen molar-refractivity contribution in [1.82, 2.24) is 9.97 Å². The second-order valence-electron chi connectivity index (χ2n) is 7.43. The maximum atomic E-state index is 5.85. The maximum absolute atomic E-state index is 5.85. The number of ether oxygens (including phenoxy) is 1. The predicted octanol–water partition coefficient (Wildman–Crippen LogP) is 5.56. The summed E-state index contributed by atoms with van der Waals surface area (Å²) in [5.41, 5.74) is 1.94. The van der Waals surface area contributed by atoms with Crippen molar-refractivity contribution in [1.29, 1.82) is 0 Å². The molecule has 5 nitrogen and oxygen atoms in total. The Hall–Kier alpha value is -3.08. The fourth-order valence-corrected chi connectivity index (χ4v) is 3.35. The molecule has 1 N–H and O–H groups in total. The largest absolute Gasteiger partial charge is 0.457 e. The summed E-state index contributed by atoms with van der Waals surface area (Å²) in [6.45, 7) is 6.37. The van der Waals surface area contributed by atoms with Crippen LogP contribution in [0.15, 0.2) is 60.7 Å². The summed E-state index contributed by atoms with van der Waals surface area (Å²) in [6, 6.07) is 19.7. The lowest BCUT2D eigenvalue weighted by Gasteiger charge is -2.30. The number of hydrogen-bond acceptors (Lipinski definition) is 5. The van der Waals surface area contributed by atoms with Crippen LogP contribution < -0.4 is 15.0 Å². The molecule has 0 spiro atoms. The van der Waals surface area contributed by atoms with Gasteiger partial charge in [-0.25, -0.2) is 4.98 Å². The van der Waals surface area contributed by atoms with Crippen LogP contribution in [0.4, 0.5) is 17.5 Å². The van der Waals surface area contributed by atoms with Crippen LogP contribution in [0.5, 0.6) is 11.5 Å². The van der Waals surface area contributed by atoms with Gasteiger partial charge in [0.1, 0.15) is 17.3 Å². The van der Waals surface area contributed by atoms with E-state index in [1.165, 1.54) is 12.8 Å². The molecule has 0 atom stereocenters. The van der Waals surface area contributed by atoms with Gasteiger partial charge in [0.15, 0.2) is 0 Å². The molecule has 144 valence electrons. The van der Waals surface area contributed by atoms with Crippen molar-refractivity contribution in [2.45, 2.75) is 26.7 Å². The molecule has 0 saturated carbocycles. The smallest absolute Gasteiger partial charge is 0.227 e. The molecule has 0 radical (unpaired) electrons. The van der Waals surface area contributed by atoms with Gasteiger partial charge in [0.05, 0.1) is 0 Å². The summed E-state index contributed by atoms with van der Waals surface area (Å²) in [6.07, 6.45) is 2.39. The average Bonchev–Trinajstić information content (AvgIpc) is 2.70. The first kappa shape index (κ1) is 18.3. The first-order valence-corrected chi connectivity index (χ1v) is 9.86. The monoisotopic (exact) mass is 374 g/mol. The summed E-state index contributed by atoms with van der Waals surface area (Å²) in [5.74, 6) is 4.06. The van der Waals surface area contributed by atoms with Crippen LogP contribution in [0.2, 0.25) is 0 Å². The molecule has 0 bridgehead atoms. The van der Waals surface area contributed by atoms with Gasteiger partial charge in [-0.3, -0.25) is 0 Å². The van der Waals surface area contributed by atoms with Crippen LogP contribution in [0.3, 0.4) is 0 Å². The third kappa shape index (κ3) is 4.60. The number of rotatable bonds is 5. The highest BCUT2D eigenvalue weighted by atomic mass is 16.5. The quantitative estimate of drug-likeness (QED) is 0.634. The van der Waals surface area contributed by atoms with E-state index in [1.807, 2.05) is 67.6 Å². The Bertz CT molecular complexity index is 904. The Balaban J connectivity index is 1.45. The van der Waals surface area contributed by atoms with Crippen molar-refractivity contribution in [2.75, 3.05) is 23.3 Å². The summed E-state index contributed by atoms with van der Waals surface area (Å²) < 4.78 is 5.85. The van der Waals surface area contributed by atoms with Gasteiger partial charge >= 0.3 is 0 Å². The van der Waals surface area contributed by atoms with E-state index in [-0.39, 0.29) is 0 Å². The highest BCUT2D eigenvalue weighted by Crippen LogP contribution is 2.26. The Morgan fingerprint density at radius 3 is 2.32 bits per heavy atom. The molecule has 0 amide bonds. The molecule has 28 heavy (non-hydrogen) atoms. The Morgan fingerprint density at radius 1 is 0.929 bits per heavy atom. The van der Waals surface area contributed by atoms with Gasteiger partial charge in [-0.15, -0.1) is 0 Å². The number of aryl methyl sites for hydroxylation is 1. The Labute approximate surface area is 166 Å². The van der Waals surface area contributed by atoms with E-state index in [2.05, 4.69) is 22.1 Å². The number of anilines is 3. The molecule has 1 saturated heterocycles. The van der Waals surface area contributed by atoms with Gasteiger partial charge in [-0.2, -0.15) is 4.98 Å². The van der Waals surface area contributed by atoms with E-state index in [0.29, 0.717) is 0 Å². The zero-order valence-corrected chi connectivity index (χ0v) is 16.4. The lowest BCUT2D eigenvalue weighted by Crippen LogP contribution is -2.34. The number of hydrogen-bond donors (Lipinski definition) is 1. The summed E-state index contributed by atoms with van der Waals surface area (Å²) in [4.78, 5) is 11.7. The third-order valence-electron chi connectivity index (χ3n) is 5.01. The lowest BCUT2D eigenvalue weighted by atomic mass is 10.00. The zero-order chi connectivity index (χ0) is 19.3. The van der Waals surface area contributed by atoms with Crippen LogP contribution in [0, 0.1) is 12.8 Å².